The van der Waals surface area contributed by atoms with E-state index in [-0.39, 0.29) is 0 Å². The summed E-state index contributed by atoms with van der Waals surface area (Å²) in [4.78, 5) is 39.0. The Morgan fingerprint density at radius 3 is 0.712 bits per heavy atom. The molecule has 15 heteroatoms. The molecule has 0 atom stereocenters. The van der Waals surface area contributed by atoms with Crippen molar-refractivity contribution < 1.29 is 0 Å². The van der Waals surface area contributed by atoms with Crippen molar-refractivity contribution in [2.45, 2.75) is 0 Å². The SMILES string of the molecule is N#Cc1ccc(-c2cc(-n3c4ccccc4c4cc(-n5c6ccccc6c6ccccc65)ccc43)nc(-c3ccccc3)n2)cc1.c1ccc(-c2cc(-n3c4ccccc4c4cc(-c5ccc6c(c5)c5ccccc5n6-c5ccccc5)ccc43)nc(-c3ccccc3)n2)cc1.c1ccc(-n2c3ccccc3c3cc(-c4ccc5c(c4)c4ccccc4n5-c4cc(-c5ccncc5)nc(-c5ccncc5)n4)ccc32)cc1. The maximum Gasteiger partial charge on any atom is 0.162 e. The van der Waals surface area contributed by atoms with Crippen LogP contribution in [0.5, 0.6) is 0 Å². The largest absolute Gasteiger partial charge is 0.309 e. The molecule has 0 unspecified atom stereocenters. The van der Waals surface area contributed by atoms with Gasteiger partial charge in [0, 0.05) is 158 Å². The molecule has 0 N–H and O–H groups in total. The lowest BCUT2D eigenvalue weighted by Gasteiger charge is -2.12. The normalized spacial score (nSPS) is 11.6. The second-order valence-corrected chi connectivity index (χ2v) is 36.5. The van der Waals surface area contributed by atoms with E-state index in [1.807, 2.05) is 109 Å². The van der Waals surface area contributed by atoms with E-state index in [1.165, 1.54) is 104 Å². The minimum atomic E-state index is 0.614. The van der Waals surface area contributed by atoms with Gasteiger partial charge in [-0.05, 0) is 192 Å². The lowest BCUT2D eigenvalue weighted by atomic mass is 10.0. The molecular formula is C131H83N15. The van der Waals surface area contributed by atoms with Crippen LogP contribution in [0.2, 0.25) is 0 Å². The zero-order valence-corrected chi connectivity index (χ0v) is 78.6. The number of nitrogens with zero attached hydrogens (tertiary/aromatic N) is 15. The molecule has 29 aromatic rings. The summed E-state index contributed by atoms with van der Waals surface area (Å²) in [7, 11) is 0. The van der Waals surface area contributed by atoms with Crippen LogP contribution in [-0.4, -0.2) is 67.3 Å². The Morgan fingerprint density at radius 1 is 0.158 bits per heavy atom. The maximum absolute atomic E-state index is 9.37. The molecule has 0 saturated heterocycles. The van der Waals surface area contributed by atoms with E-state index >= 15 is 0 Å². The van der Waals surface area contributed by atoms with Crippen LogP contribution in [0.15, 0.2) is 504 Å². The molecule has 15 nitrogen and oxygen atoms in total. The van der Waals surface area contributed by atoms with Crippen molar-refractivity contribution in [1.29, 1.82) is 5.26 Å². The molecule has 0 bridgehead atoms. The fourth-order valence-corrected chi connectivity index (χ4v) is 21.4. The number of aromatic nitrogens is 14. The standard InChI is InChI=1S/C46H30N4.C44H28N6.C41H25N5/c1-4-14-31(15-5-1)40-30-45(48-46(47-40)32-16-6-2-7-17-32)50-42-23-13-11-21-37(42)39-29-34(25-27-44(39)50)33-24-26-43-38(28-33)36-20-10-12-22-41(36)49(43)35-18-8-3-9-19-35;1-2-8-33(9-3-1)49-39-12-6-4-10-34(39)36-26-31(14-16-41(36)49)32-15-17-42-37(27-32)35-11-5-7-13-40(35)50(42)43-28-38(29-18-22-45-23-19-29)47-44(48-43)30-20-24-46-25-21-30;42-26-27-18-20-28(21-19-27)35-25-40(44-41(43-35)29-10-2-1-3-11-29)46-38-17-9-6-14-33(38)34-24-30(22-23-39(34)46)45-36-15-7-4-12-31(36)32-13-5-8-16-37(32)45/h1-30H;1-28H;1-25H. The molecule has 0 aliphatic carbocycles. The molecular weight excluding hydrogens is 1780 g/mol. The van der Waals surface area contributed by atoms with Crippen LogP contribution >= 0.6 is 0 Å². The first-order chi connectivity index (χ1) is 72.4. The van der Waals surface area contributed by atoms with Crippen molar-refractivity contribution in [2.75, 3.05) is 0 Å². The Hall–Kier alpha value is -20.2. The zero-order valence-electron chi connectivity index (χ0n) is 78.6. The van der Waals surface area contributed by atoms with Crippen molar-refractivity contribution >= 4 is 131 Å². The van der Waals surface area contributed by atoms with Crippen molar-refractivity contribution in [3.63, 3.8) is 0 Å². The summed E-state index contributed by atoms with van der Waals surface area (Å²) in [5, 5.41) is 23.8. The van der Waals surface area contributed by atoms with Gasteiger partial charge in [0.15, 0.2) is 17.5 Å². The van der Waals surface area contributed by atoms with Gasteiger partial charge >= 0.3 is 0 Å². The number of rotatable bonds is 14. The van der Waals surface area contributed by atoms with Gasteiger partial charge in [0.1, 0.15) is 17.5 Å². The fraction of sp³-hybridized carbons (Fsp3) is 0. The molecule has 682 valence electrons. The van der Waals surface area contributed by atoms with Gasteiger partial charge in [-0.1, -0.05) is 291 Å². The quantitative estimate of drug-likeness (QED) is 0.103. The predicted octanol–water partition coefficient (Wildman–Crippen LogP) is 32.0. The number of pyridine rings is 2. The second-order valence-electron chi connectivity index (χ2n) is 36.5. The Bertz CT molecular complexity index is 9630. The summed E-state index contributed by atoms with van der Waals surface area (Å²) in [5.41, 5.74) is 30.7. The number of benzene rings is 18. The molecule has 0 amide bonds. The summed E-state index contributed by atoms with van der Waals surface area (Å²) >= 11 is 0. The average Bonchev–Trinajstić information content (AvgIpc) is 1.57. The van der Waals surface area contributed by atoms with Gasteiger partial charge in [-0.2, -0.15) is 5.26 Å². The molecule has 0 saturated carbocycles. The van der Waals surface area contributed by atoms with Gasteiger partial charge in [-0.3, -0.25) is 23.7 Å². The van der Waals surface area contributed by atoms with Gasteiger partial charge in [-0.25, -0.2) is 29.9 Å². The lowest BCUT2D eigenvalue weighted by molar-refractivity contribution is 1.05. The smallest absolute Gasteiger partial charge is 0.162 e. The van der Waals surface area contributed by atoms with Crippen LogP contribution in [0.25, 0.3) is 256 Å². The van der Waals surface area contributed by atoms with E-state index < -0.39 is 0 Å². The van der Waals surface area contributed by atoms with Crippen LogP contribution in [0.3, 0.4) is 0 Å². The third-order valence-electron chi connectivity index (χ3n) is 28.1. The van der Waals surface area contributed by atoms with E-state index in [0.29, 0.717) is 23.0 Å². The molecule has 29 rings (SSSR count). The van der Waals surface area contributed by atoms with Crippen molar-refractivity contribution in [2.24, 2.45) is 0 Å². The number of nitriles is 1. The highest BCUT2D eigenvalue weighted by Gasteiger charge is 2.26. The molecule has 0 spiro atoms. The first-order valence-corrected chi connectivity index (χ1v) is 48.8. The Labute approximate surface area is 838 Å². The minimum absolute atomic E-state index is 0.614. The van der Waals surface area contributed by atoms with E-state index in [4.69, 9.17) is 29.9 Å². The summed E-state index contributed by atoms with van der Waals surface area (Å²) in [5.74, 6) is 4.41. The first-order valence-electron chi connectivity index (χ1n) is 48.8. The lowest BCUT2D eigenvalue weighted by Crippen LogP contribution is -2.02. The van der Waals surface area contributed by atoms with Crippen LogP contribution < -0.4 is 0 Å². The monoisotopic (exact) mass is 1870 g/mol. The maximum atomic E-state index is 9.37. The Kier molecular flexibility index (Phi) is 20.9. The highest BCUT2D eigenvalue weighted by atomic mass is 15.1. The second kappa shape index (κ2) is 35.9. The van der Waals surface area contributed by atoms with Crippen molar-refractivity contribution in [3.05, 3.63) is 510 Å². The topological polar surface area (TPSA) is 156 Å². The van der Waals surface area contributed by atoms with E-state index in [2.05, 4.69) is 413 Å². The summed E-state index contributed by atoms with van der Waals surface area (Å²) in [6, 6.07) is 170. The highest BCUT2D eigenvalue weighted by Crippen LogP contribution is 2.45. The molecule has 11 heterocycles. The Balaban J connectivity index is 0.000000109. The minimum Gasteiger partial charge on any atom is -0.309 e. The van der Waals surface area contributed by atoms with Gasteiger partial charge in [0.2, 0.25) is 0 Å². The summed E-state index contributed by atoms with van der Waals surface area (Å²) < 4.78 is 13.8. The third-order valence-corrected chi connectivity index (χ3v) is 28.1. The van der Waals surface area contributed by atoms with E-state index in [1.54, 1.807) is 24.8 Å². The molecule has 0 aliphatic rings. The van der Waals surface area contributed by atoms with Crippen molar-refractivity contribution in [3.8, 4) is 131 Å². The van der Waals surface area contributed by atoms with Gasteiger partial charge in [0.05, 0.1) is 94.9 Å². The Morgan fingerprint density at radius 2 is 0.384 bits per heavy atom. The molecule has 0 aliphatic heterocycles. The van der Waals surface area contributed by atoms with E-state index in [9.17, 15) is 5.26 Å². The number of hydrogen-bond acceptors (Lipinski definition) is 9. The summed E-state index contributed by atoms with van der Waals surface area (Å²) in [6.45, 7) is 0. The molecule has 0 radical (unpaired) electrons. The third kappa shape index (κ3) is 14.9. The molecule has 146 heavy (non-hydrogen) atoms. The van der Waals surface area contributed by atoms with E-state index in [0.717, 1.165) is 134 Å². The molecule has 18 aromatic carbocycles. The van der Waals surface area contributed by atoms with Crippen LogP contribution in [-0.2, 0) is 0 Å². The number of fused-ring (bicyclic) bond motifs is 18. The van der Waals surface area contributed by atoms with Crippen LogP contribution in [0.4, 0.5) is 0 Å². The van der Waals surface area contributed by atoms with Gasteiger partial charge in [-0.15, -0.1) is 0 Å². The number of hydrogen-bond donors (Lipinski definition) is 0. The summed E-state index contributed by atoms with van der Waals surface area (Å²) in [6.07, 6.45) is 7.14. The highest BCUT2D eigenvalue weighted by molar-refractivity contribution is 6.17. The van der Waals surface area contributed by atoms with Crippen molar-refractivity contribution in [1.82, 2.24) is 67.3 Å². The zero-order chi connectivity index (χ0) is 96.7. The fourth-order valence-electron chi connectivity index (χ4n) is 21.4. The number of para-hydroxylation sites is 9. The van der Waals surface area contributed by atoms with Gasteiger partial charge < -0.3 is 13.7 Å². The molecule has 11 aromatic heterocycles. The van der Waals surface area contributed by atoms with Crippen LogP contribution in [0, 0.1) is 11.3 Å². The first kappa shape index (κ1) is 85.0. The van der Waals surface area contributed by atoms with Gasteiger partial charge in [0.25, 0.3) is 0 Å². The predicted molar refractivity (Wildman–Crippen MR) is 596 cm³/mol. The van der Waals surface area contributed by atoms with Crippen LogP contribution in [0.1, 0.15) is 5.56 Å². The average molecular weight is 1870 g/mol. The molecule has 0 fully saturated rings.